The van der Waals surface area contributed by atoms with Crippen LogP contribution in [0.25, 0.3) is 0 Å². The smallest absolute Gasteiger partial charge is 0.310 e. The van der Waals surface area contributed by atoms with Crippen LogP contribution in [0.4, 0.5) is 24.5 Å². The highest BCUT2D eigenvalue weighted by molar-refractivity contribution is 6.09. The van der Waals surface area contributed by atoms with Gasteiger partial charge >= 0.3 is 6.18 Å². The first-order valence-electron chi connectivity index (χ1n) is 8.09. The Morgan fingerprint density at radius 2 is 1.64 bits per heavy atom. The third-order valence-electron chi connectivity index (χ3n) is 4.53. The van der Waals surface area contributed by atoms with Crippen molar-refractivity contribution >= 4 is 17.3 Å². The van der Waals surface area contributed by atoms with Gasteiger partial charge in [-0.15, -0.1) is 0 Å². The fourth-order valence-electron chi connectivity index (χ4n) is 3.41. The molecule has 2 aromatic carbocycles. The number of hydrogen-bond acceptors (Lipinski definition) is 1. The van der Waals surface area contributed by atoms with E-state index in [9.17, 15) is 13.2 Å². The second kappa shape index (κ2) is 6.10. The Balaban J connectivity index is 1.99. The van der Waals surface area contributed by atoms with Crippen LogP contribution in [0.2, 0.25) is 0 Å². The zero-order chi connectivity index (χ0) is 18.4. The second-order valence-electron chi connectivity index (χ2n) is 6.44. The van der Waals surface area contributed by atoms with Crippen molar-refractivity contribution in [2.24, 2.45) is 0 Å². The standard InChI is InChI=1S/C19H20F3N3/c1-12-6-4-7-13(2)17(12)24-11-14(3)25(18(24)23)16-9-5-8-15(10-16)19(20,21)22/h4-10,14,23H,11H2,1-3H3. The molecule has 0 saturated carbocycles. The normalized spacial score (nSPS) is 18.2. The van der Waals surface area contributed by atoms with Gasteiger partial charge in [0.2, 0.25) is 5.96 Å². The van der Waals surface area contributed by atoms with Crippen LogP contribution in [0.1, 0.15) is 23.6 Å². The van der Waals surface area contributed by atoms with Crippen molar-refractivity contribution in [3.63, 3.8) is 0 Å². The van der Waals surface area contributed by atoms with Crippen LogP contribution >= 0.6 is 0 Å². The number of halogens is 3. The monoisotopic (exact) mass is 347 g/mol. The number of nitrogens with one attached hydrogen (secondary N) is 1. The number of anilines is 2. The molecule has 0 amide bonds. The molecule has 1 fully saturated rings. The molecule has 132 valence electrons. The van der Waals surface area contributed by atoms with Crippen LogP contribution in [-0.4, -0.2) is 18.5 Å². The van der Waals surface area contributed by atoms with Crippen molar-refractivity contribution in [2.45, 2.75) is 33.0 Å². The molecule has 1 heterocycles. The van der Waals surface area contributed by atoms with E-state index in [-0.39, 0.29) is 12.0 Å². The maximum atomic E-state index is 13.0. The predicted octanol–water partition coefficient (Wildman–Crippen LogP) is 4.97. The van der Waals surface area contributed by atoms with E-state index >= 15 is 0 Å². The van der Waals surface area contributed by atoms with Crippen LogP contribution in [0, 0.1) is 19.3 Å². The molecule has 1 unspecified atom stereocenters. The molecule has 1 aliphatic rings. The van der Waals surface area contributed by atoms with E-state index in [1.54, 1.807) is 11.0 Å². The van der Waals surface area contributed by atoms with Crippen LogP contribution < -0.4 is 9.80 Å². The van der Waals surface area contributed by atoms with Gasteiger partial charge < -0.3 is 9.80 Å². The summed E-state index contributed by atoms with van der Waals surface area (Å²) in [5, 5.41) is 8.56. The molecule has 0 spiro atoms. The molecular formula is C19H20F3N3. The summed E-state index contributed by atoms with van der Waals surface area (Å²) in [5.74, 6) is 0.198. The third-order valence-corrected chi connectivity index (χ3v) is 4.53. The van der Waals surface area contributed by atoms with Crippen LogP contribution in [-0.2, 0) is 6.18 Å². The number of guanidine groups is 1. The molecule has 1 saturated heterocycles. The Bertz CT molecular complexity index is 794. The van der Waals surface area contributed by atoms with Gasteiger partial charge in [-0.3, -0.25) is 5.41 Å². The molecular weight excluding hydrogens is 327 g/mol. The summed E-state index contributed by atoms with van der Waals surface area (Å²) >= 11 is 0. The molecule has 1 atom stereocenters. The largest absolute Gasteiger partial charge is 0.416 e. The number of rotatable bonds is 2. The third kappa shape index (κ3) is 3.08. The van der Waals surface area contributed by atoms with Crippen molar-refractivity contribution in [1.82, 2.24) is 0 Å². The SMILES string of the molecule is Cc1cccc(C)c1N1CC(C)N(c2cccc(C(F)(F)F)c2)C1=N. The first-order valence-corrected chi connectivity index (χ1v) is 8.09. The molecule has 1 N–H and O–H groups in total. The fraction of sp³-hybridized carbons (Fsp3) is 0.316. The highest BCUT2D eigenvalue weighted by Crippen LogP contribution is 2.35. The Morgan fingerprint density at radius 1 is 1.04 bits per heavy atom. The lowest BCUT2D eigenvalue weighted by molar-refractivity contribution is -0.137. The summed E-state index contributed by atoms with van der Waals surface area (Å²) in [4.78, 5) is 3.52. The highest BCUT2D eigenvalue weighted by Gasteiger charge is 2.36. The molecule has 25 heavy (non-hydrogen) atoms. The average molecular weight is 347 g/mol. The van der Waals surface area contributed by atoms with Crippen LogP contribution in [0.15, 0.2) is 42.5 Å². The zero-order valence-electron chi connectivity index (χ0n) is 14.4. The highest BCUT2D eigenvalue weighted by atomic mass is 19.4. The van der Waals surface area contributed by atoms with E-state index in [4.69, 9.17) is 5.41 Å². The van der Waals surface area contributed by atoms with E-state index < -0.39 is 11.7 Å². The molecule has 3 nitrogen and oxygen atoms in total. The molecule has 0 radical (unpaired) electrons. The predicted molar refractivity (Wildman–Crippen MR) is 94.4 cm³/mol. The van der Waals surface area contributed by atoms with Crippen LogP contribution in [0.5, 0.6) is 0 Å². The lowest BCUT2D eigenvalue weighted by Gasteiger charge is -2.26. The maximum absolute atomic E-state index is 13.0. The average Bonchev–Trinajstić information content (AvgIpc) is 2.81. The fourth-order valence-corrected chi connectivity index (χ4v) is 3.41. The van der Waals surface area contributed by atoms with E-state index in [1.807, 2.05) is 43.9 Å². The van der Waals surface area contributed by atoms with Gasteiger partial charge in [-0.05, 0) is 50.1 Å². The Hall–Kier alpha value is -2.50. The lowest BCUT2D eigenvalue weighted by atomic mass is 10.1. The van der Waals surface area contributed by atoms with Gasteiger partial charge in [-0.25, -0.2) is 0 Å². The minimum absolute atomic E-state index is 0.102. The molecule has 6 heteroatoms. The summed E-state index contributed by atoms with van der Waals surface area (Å²) < 4.78 is 39.0. The van der Waals surface area contributed by atoms with E-state index in [2.05, 4.69) is 0 Å². The van der Waals surface area contributed by atoms with Crippen molar-refractivity contribution in [3.8, 4) is 0 Å². The Kier molecular flexibility index (Phi) is 4.22. The summed E-state index contributed by atoms with van der Waals surface area (Å²) in [5.41, 5.74) is 2.73. The van der Waals surface area contributed by atoms with Gasteiger partial charge in [0.05, 0.1) is 11.6 Å². The Labute approximate surface area is 145 Å². The summed E-state index contributed by atoms with van der Waals surface area (Å²) in [6.07, 6.45) is -4.40. The number of aryl methyl sites for hydroxylation is 2. The van der Waals surface area contributed by atoms with E-state index in [0.717, 1.165) is 28.9 Å². The second-order valence-corrected chi connectivity index (χ2v) is 6.44. The minimum atomic E-state index is -4.40. The molecule has 1 aliphatic heterocycles. The maximum Gasteiger partial charge on any atom is 0.416 e. The van der Waals surface area contributed by atoms with Gasteiger partial charge in [-0.1, -0.05) is 24.3 Å². The van der Waals surface area contributed by atoms with Crippen molar-refractivity contribution in [1.29, 1.82) is 5.41 Å². The van der Waals surface area contributed by atoms with Crippen molar-refractivity contribution in [2.75, 3.05) is 16.3 Å². The van der Waals surface area contributed by atoms with Gasteiger partial charge in [-0.2, -0.15) is 13.2 Å². The summed E-state index contributed by atoms with van der Waals surface area (Å²) in [7, 11) is 0. The first kappa shape index (κ1) is 17.3. The first-order chi connectivity index (χ1) is 11.7. The summed E-state index contributed by atoms with van der Waals surface area (Å²) in [6, 6.07) is 11.0. The van der Waals surface area contributed by atoms with Gasteiger partial charge in [0, 0.05) is 17.9 Å². The number of alkyl halides is 3. The Morgan fingerprint density at radius 3 is 2.24 bits per heavy atom. The number of nitrogens with zero attached hydrogens (tertiary/aromatic N) is 2. The molecule has 3 rings (SSSR count). The van der Waals surface area contributed by atoms with Crippen molar-refractivity contribution in [3.05, 3.63) is 59.2 Å². The number of para-hydroxylation sites is 1. The topological polar surface area (TPSA) is 30.3 Å². The summed E-state index contributed by atoms with van der Waals surface area (Å²) in [6.45, 7) is 6.43. The molecule has 2 aromatic rings. The van der Waals surface area contributed by atoms with E-state index in [0.29, 0.717) is 12.2 Å². The number of benzene rings is 2. The van der Waals surface area contributed by atoms with Gasteiger partial charge in [0.15, 0.2) is 0 Å². The van der Waals surface area contributed by atoms with Crippen molar-refractivity contribution < 1.29 is 13.2 Å². The van der Waals surface area contributed by atoms with E-state index in [1.165, 1.54) is 6.07 Å². The molecule has 0 bridgehead atoms. The van der Waals surface area contributed by atoms with Gasteiger partial charge in [0.25, 0.3) is 0 Å². The minimum Gasteiger partial charge on any atom is -0.310 e. The van der Waals surface area contributed by atoms with Crippen LogP contribution in [0.3, 0.4) is 0 Å². The quantitative estimate of drug-likeness (QED) is 0.831. The molecule has 0 aliphatic carbocycles. The van der Waals surface area contributed by atoms with Gasteiger partial charge in [0.1, 0.15) is 0 Å². The lowest BCUT2D eigenvalue weighted by Crippen LogP contribution is -2.35. The molecule has 0 aromatic heterocycles. The number of hydrogen-bond donors (Lipinski definition) is 1. The zero-order valence-corrected chi connectivity index (χ0v) is 14.4.